The number of anilines is 1. The predicted molar refractivity (Wildman–Crippen MR) is 112 cm³/mol. The number of aryl methyl sites for hydroxylation is 1. The molecule has 8 nitrogen and oxygen atoms in total. The third-order valence-corrected chi connectivity index (χ3v) is 6.82. The Kier molecular flexibility index (Phi) is 3.76. The van der Waals surface area contributed by atoms with Gasteiger partial charge >= 0.3 is 0 Å². The molecular formula is C21H23ClN6O2. The Bertz CT molecular complexity index is 1190. The van der Waals surface area contributed by atoms with Gasteiger partial charge in [-0.3, -0.25) is 4.79 Å². The van der Waals surface area contributed by atoms with Crippen LogP contribution in [0.2, 0.25) is 5.15 Å². The van der Waals surface area contributed by atoms with Crippen molar-refractivity contribution >= 4 is 34.4 Å². The van der Waals surface area contributed by atoms with Gasteiger partial charge in [-0.15, -0.1) is 0 Å². The van der Waals surface area contributed by atoms with Gasteiger partial charge in [0.25, 0.3) is 5.91 Å². The van der Waals surface area contributed by atoms with Crippen molar-refractivity contribution in [3.8, 4) is 0 Å². The van der Waals surface area contributed by atoms with Gasteiger partial charge in [-0.05, 0) is 39.5 Å². The summed E-state index contributed by atoms with van der Waals surface area (Å²) in [5, 5.41) is 4.65. The van der Waals surface area contributed by atoms with Crippen LogP contribution in [0.25, 0.3) is 11.1 Å². The minimum Gasteiger partial charge on any atom is -0.442 e. The van der Waals surface area contributed by atoms with Gasteiger partial charge in [0.1, 0.15) is 23.7 Å². The molecule has 6 rings (SSSR count). The van der Waals surface area contributed by atoms with E-state index in [-0.39, 0.29) is 11.4 Å². The molecule has 0 bridgehead atoms. The van der Waals surface area contributed by atoms with Crippen molar-refractivity contribution in [1.82, 2.24) is 24.4 Å². The Morgan fingerprint density at radius 2 is 2.10 bits per heavy atom. The minimum absolute atomic E-state index is 0.0249. The zero-order chi connectivity index (χ0) is 20.6. The molecule has 156 valence electrons. The fourth-order valence-electron chi connectivity index (χ4n) is 4.34. The molecule has 0 unspecified atom stereocenters. The maximum absolute atomic E-state index is 13.6. The largest absolute Gasteiger partial charge is 0.442 e. The topological polar surface area (TPSA) is 89.1 Å². The lowest BCUT2D eigenvalue weighted by atomic mass is 10.1. The van der Waals surface area contributed by atoms with Gasteiger partial charge in [0.15, 0.2) is 5.15 Å². The van der Waals surface area contributed by atoms with Crippen LogP contribution in [0.1, 0.15) is 66.2 Å². The average Bonchev–Trinajstić information content (AvgIpc) is 3.64. The Hall–Kier alpha value is -2.61. The molecule has 1 N–H and O–H groups in total. The zero-order valence-corrected chi connectivity index (χ0v) is 17.8. The van der Waals surface area contributed by atoms with E-state index in [0.717, 1.165) is 24.4 Å². The van der Waals surface area contributed by atoms with Crippen LogP contribution in [0.15, 0.2) is 10.7 Å². The number of nitrogens with zero attached hydrogens (tertiary/aromatic N) is 5. The predicted octanol–water partition coefficient (Wildman–Crippen LogP) is 3.88. The molecule has 3 aliphatic rings. The zero-order valence-electron chi connectivity index (χ0n) is 17.0. The van der Waals surface area contributed by atoms with Gasteiger partial charge in [0, 0.05) is 24.5 Å². The van der Waals surface area contributed by atoms with Gasteiger partial charge < -0.3 is 19.2 Å². The molecule has 30 heavy (non-hydrogen) atoms. The SMILES string of the molecule is Cc1oc2ncnc(NC3(C)CC3)c2c1C(=O)N1CCn2c(C3CC3)nc(Cl)c2C1. The Morgan fingerprint density at radius 3 is 2.83 bits per heavy atom. The lowest BCUT2D eigenvalue weighted by Crippen LogP contribution is -2.38. The molecule has 3 aromatic heterocycles. The normalized spacial score (nSPS) is 19.8. The molecule has 0 spiro atoms. The van der Waals surface area contributed by atoms with E-state index in [4.69, 9.17) is 16.0 Å². The minimum atomic E-state index is -0.0819. The summed E-state index contributed by atoms with van der Waals surface area (Å²) in [6.07, 6.45) is 5.98. The van der Waals surface area contributed by atoms with Crippen LogP contribution >= 0.6 is 11.6 Å². The molecule has 2 aliphatic carbocycles. The fourth-order valence-corrected chi connectivity index (χ4v) is 4.58. The third-order valence-electron chi connectivity index (χ3n) is 6.52. The van der Waals surface area contributed by atoms with E-state index in [2.05, 4.69) is 31.8 Å². The highest BCUT2D eigenvalue weighted by Gasteiger charge is 2.39. The lowest BCUT2D eigenvalue weighted by Gasteiger charge is -2.29. The molecule has 9 heteroatoms. The van der Waals surface area contributed by atoms with Crippen LogP contribution in [0.5, 0.6) is 0 Å². The van der Waals surface area contributed by atoms with E-state index >= 15 is 0 Å². The van der Waals surface area contributed by atoms with Crippen molar-refractivity contribution in [2.75, 3.05) is 11.9 Å². The van der Waals surface area contributed by atoms with Gasteiger partial charge in [0.2, 0.25) is 5.71 Å². The summed E-state index contributed by atoms with van der Waals surface area (Å²) >= 11 is 6.44. The quantitative estimate of drug-likeness (QED) is 0.681. The first-order chi connectivity index (χ1) is 14.4. The van der Waals surface area contributed by atoms with Crippen LogP contribution in [-0.4, -0.2) is 42.4 Å². The summed E-state index contributed by atoms with van der Waals surface area (Å²) < 4.78 is 8.04. The summed E-state index contributed by atoms with van der Waals surface area (Å²) in [7, 11) is 0. The molecule has 2 saturated carbocycles. The van der Waals surface area contributed by atoms with E-state index in [9.17, 15) is 4.79 Å². The number of aromatic nitrogens is 4. The molecule has 1 aliphatic heterocycles. The first-order valence-corrected chi connectivity index (χ1v) is 10.9. The number of amides is 1. The highest BCUT2D eigenvalue weighted by molar-refractivity contribution is 6.30. The second-order valence-corrected chi connectivity index (χ2v) is 9.34. The monoisotopic (exact) mass is 426 g/mol. The van der Waals surface area contributed by atoms with Gasteiger partial charge in [-0.25, -0.2) is 15.0 Å². The second kappa shape index (κ2) is 6.20. The Labute approximate surface area is 178 Å². The number of carbonyl (C=O) groups is 1. The maximum atomic E-state index is 13.6. The maximum Gasteiger partial charge on any atom is 0.258 e. The van der Waals surface area contributed by atoms with E-state index in [1.807, 2.05) is 11.8 Å². The van der Waals surface area contributed by atoms with Crippen LogP contribution < -0.4 is 5.32 Å². The number of rotatable bonds is 4. The molecule has 0 aromatic carbocycles. The standard InChI is InChI=1S/C21H23ClN6O2/c1-11-14(15-17(26-21(2)5-6-21)23-10-24-19(15)30-11)20(29)27-7-8-28-13(9-27)16(22)25-18(28)12-3-4-12/h10,12H,3-9H2,1-2H3,(H,23,24,26). The third kappa shape index (κ3) is 2.80. The average molecular weight is 427 g/mol. The van der Waals surface area contributed by atoms with Crippen molar-refractivity contribution in [1.29, 1.82) is 0 Å². The number of hydrogen-bond acceptors (Lipinski definition) is 6. The summed E-state index contributed by atoms with van der Waals surface area (Å²) in [6, 6.07) is 0. The number of halogens is 1. The van der Waals surface area contributed by atoms with Crippen LogP contribution in [-0.2, 0) is 13.1 Å². The van der Waals surface area contributed by atoms with Gasteiger partial charge in [0.05, 0.1) is 23.2 Å². The number of furan rings is 1. The highest BCUT2D eigenvalue weighted by atomic mass is 35.5. The highest BCUT2D eigenvalue weighted by Crippen LogP contribution is 2.42. The number of nitrogens with one attached hydrogen (secondary N) is 1. The lowest BCUT2D eigenvalue weighted by molar-refractivity contribution is 0.0710. The second-order valence-electron chi connectivity index (χ2n) is 8.98. The molecule has 3 aromatic rings. The van der Waals surface area contributed by atoms with Crippen molar-refractivity contribution in [3.05, 3.63) is 34.3 Å². The molecular weight excluding hydrogens is 404 g/mol. The molecule has 4 heterocycles. The van der Waals surface area contributed by atoms with Crippen molar-refractivity contribution in [2.45, 2.75) is 64.1 Å². The number of carbonyl (C=O) groups excluding carboxylic acids is 1. The summed E-state index contributed by atoms with van der Waals surface area (Å²) in [5.41, 5.74) is 1.91. The summed E-state index contributed by atoms with van der Waals surface area (Å²) in [5.74, 6) is 2.74. The van der Waals surface area contributed by atoms with E-state index < -0.39 is 0 Å². The van der Waals surface area contributed by atoms with Crippen molar-refractivity contribution in [2.24, 2.45) is 0 Å². The summed E-state index contributed by atoms with van der Waals surface area (Å²) in [6.45, 7) is 5.72. The van der Waals surface area contributed by atoms with Crippen LogP contribution in [0.3, 0.4) is 0 Å². The van der Waals surface area contributed by atoms with Crippen LogP contribution in [0, 0.1) is 6.92 Å². The number of imidazole rings is 1. The first-order valence-electron chi connectivity index (χ1n) is 10.5. The molecule has 0 atom stereocenters. The summed E-state index contributed by atoms with van der Waals surface area (Å²) in [4.78, 5) is 28.7. The van der Waals surface area contributed by atoms with Crippen molar-refractivity contribution < 1.29 is 9.21 Å². The molecule has 0 saturated heterocycles. The number of fused-ring (bicyclic) bond motifs is 2. The van der Waals surface area contributed by atoms with E-state index in [0.29, 0.717) is 58.9 Å². The fraction of sp³-hybridized carbons (Fsp3) is 0.524. The molecule has 0 radical (unpaired) electrons. The number of hydrogen-bond donors (Lipinski definition) is 1. The Morgan fingerprint density at radius 1 is 1.30 bits per heavy atom. The Balaban J connectivity index is 1.37. The first kappa shape index (κ1) is 18.2. The van der Waals surface area contributed by atoms with Gasteiger partial charge in [-0.1, -0.05) is 11.6 Å². The van der Waals surface area contributed by atoms with E-state index in [1.165, 1.54) is 19.2 Å². The van der Waals surface area contributed by atoms with Gasteiger partial charge in [-0.2, -0.15) is 0 Å². The smallest absolute Gasteiger partial charge is 0.258 e. The van der Waals surface area contributed by atoms with Crippen LogP contribution in [0.4, 0.5) is 5.82 Å². The molecule has 2 fully saturated rings. The van der Waals surface area contributed by atoms with E-state index in [1.54, 1.807) is 0 Å². The van der Waals surface area contributed by atoms with Crippen molar-refractivity contribution in [3.63, 3.8) is 0 Å². The molecule has 1 amide bonds.